The Morgan fingerprint density at radius 2 is 2.20 bits per heavy atom. The van der Waals surface area contributed by atoms with E-state index >= 15 is 0 Å². The van der Waals surface area contributed by atoms with E-state index in [1.165, 1.54) is 29.7 Å². The summed E-state index contributed by atoms with van der Waals surface area (Å²) in [4.78, 5) is 1.25. The van der Waals surface area contributed by atoms with Crippen LogP contribution < -0.4 is 5.32 Å². The van der Waals surface area contributed by atoms with E-state index in [0.717, 1.165) is 11.6 Å². The van der Waals surface area contributed by atoms with E-state index in [1.807, 2.05) is 6.07 Å². The standard InChI is InChI=1S/C12H16ClNS/c1-15-11-7-9(6-10(13)8-11)12-4-2-3-5-14-12/h6-8,12,14H,2-5H2,1H3. The smallest absolute Gasteiger partial charge is 0.0420 e. The quantitative estimate of drug-likeness (QED) is 0.789. The molecule has 0 aliphatic carbocycles. The highest BCUT2D eigenvalue weighted by Crippen LogP contribution is 2.29. The summed E-state index contributed by atoms with van der Waals surface area (Å²) in [6.45, 7) is 1.13. The van der Waals surface area contributed by atoms with Crippen LogP contribution in [0, 0.1) is 0 Å². The molecule has 1 saturated heterocycles. The Balaban J connectivity index is 2.22. The van der Waals surface area contributed by atoms with Gasteiger partial charge < -0.3 is 5.32 Å². The summed E-state index contributed by atoms with van der Waals surface area (Å²) in [5.41, 5.74) is 1.34. The van der Waals surface area contributed by atoms with Crippen LogP contribution in [0.1, 0.15) is 30.9 Å². The van der Waals surface area contributed by atoms with Gasteiger partial charge in [-0.05, 0) is 49.4 Å². The molecule has 0 saturated carbocycles. The molecule has 0 amide bonds. The average molecular weight is 242 g/mol. The Bertz CT molecular complexity index is 334. The van der Waals surface area contributed by atoms with Gasteiger partial charge in [0.05, 0.1) is 0 Å². The Kier molecular flexibility index (Phi) is 3.95. The fourth-order valence-electron chi connectivity index (χ4n) is 2.04. The fraction of sp³-hybridized carbons (Fsp3) is 0.500. The van der Waals surface area contributed by atoms with Gasteiger partial charge >= 0.3 is 0 Å². The Hall–Kier alpha value is -0.180. The first-order valence-corrected chi connectivity index (χ1v) is 6.98. The predicted molar refractivity (Wildman–Crippen MR) is 67.8 cm³/mol. The first-order valence-electron chi connectivity index (χ1n) is 5.37. The highest BCUT2D eigenvalue weighted by molar-refractivity contribution is 7.98. The zero-order valence-corrected chi connectivity index (χ0v) is 10.5. The van der Waals surface area contributed by atoms with Crippen molar-refractivity contribution in [3.8, 4) is 0 Å². The maximum atomic E-state index is 6.11. The minimum atomic E-state index is 0.503. The first-order chi connectivity index (χ1) is 7.29. The van der Waals surface area contributed by atoms with Gasteiger partial charge in [-0.15, -0.1) is 11.8 Å². The van der Waals surface area contributed by atoms with Gasteiger partial charge in [-0.2, -0.15) is 0 Å². The third kappa shape index (κ3) is 2.90. The van der Waals surface area contributed by atoms with E-state index in [1.54, 1.807) is 11.8 Å². The maximum Gasteiger partial charge on any atom is 0.0420 e. The Morgan fingerprint density at radius 3 is 2.87 bits per heavy atom. The number of benzene rings is 1. The van der Waals surface area contributed by atoms with Crippen LogP contribution in [0.4, 0.5) is 0 Å². The number of nitrogens with one attached hydrogen (secondary N) is 1. The second kappa shape index (κ2) is 5.24. The van der Waals surface area contributed by atoms with Crippen LogP contribution in [-0.4, -0.2) is 12.8 Å². The monoisotopic (exact) mass is 241 g/mol. The molecule has 0 spiro atoms. The molecule has 0 aromatic heterocycles. The summed E-state index contributed by atoms with van der Waals surface area (Å²) < 4.78 is 0. The van der Waals surface area contributed by atoms with Gasteiger partial charge in [0.1, 0.15) is 0 Å². The van der Waals surface area contributed by atoms with Crippen LogP contribution in [0.3, 0.4) is 0 Å². The zero-order valence-electron chi connectivity index (χ0n) is 8.92. The largest absolute Gasteiger partial charge is 0.310 e. The van der Waals surface area contributed by atoms with Crippen LogP contribution in [0.15, 0.2) is 23.1 Å². The van der Waals surface area contributed by atoms with Gasteiger partial charge in [0, 0.05) is 16.0 Å². The molecule has 1 aliphatic rings. The minimum Gasteiger partial charge on any atom is -0.310 e. The topological polar surface area (TPSA) is 12.0 Å². The highest BCUT2D eigenvalue weighted by Gasteiger charge is 2.15. The van der Waals surface area contributed by atoms with Crippen LogP contribution >= 0.6 is 23.4 Å². The van der Waals surface area contributed by atoms with Crippen LogP contribution in [-0.2, 0) is 0 Å². The number of hydrogen-bond donors (Lipinski definition) is 1. The Morgan fingerprint density at radius 1 is 1.33 bits per heavy atom. The molecule has 3 heteroatoms. The third-order valence-electron chi connectivity index (χ3n) is 2.84. The number of halogens is 1. The average Bonchev–Trinajstić information content (AvgIpc) is 2.29. The van der Waals surface area contributed by atoms with Crippen molar-refractivity contribution >= 4 is 23.4 Å². The highest BCUT2D eigenvalue weighted by atomic mass is 35.5. The summed E-state index contributed by atoms with van der Waals surface area (Å²) in [6.07, 6.45) is 5.93. The molecule has 2 rings (SSSR count). The molecule has 1 heterocycles. The van der Waals surface area contributed by atoms with Crippen molar-refractivity contribution in [3.63, 3.8) is 0 Å². The molecule has 0 bridgehead atoms. The molecule has 1 aromatic rings. The second-order valence-electron chi connectivity index (χ2n) is 3.93. The molecule has 0 radical (unpaired) electrons. The molecule has 1 aromatic carbocycles. The second-order valence-corrected chi connectivity index (χ2v) is 5.24. The van der Waals surface area contributed by atoms with Gasteiger partial charge in [-0.25, -0.2) is 0 Å². The SMILES string of the molecule is CSc1cc(Cl)cc(C2CCCCN2)c1. The summed E-state index contributed by atoms with van der Waals surface area (Å²) in [5.74, 6) is 0. The van der Waals surface area contributed by atoms with Crippen LogP contribution in [0.5, 0.6) is 0 Å². The number of hydrogen-bond acceptors (Lipinski definition) is 2. The van der Waals surface area contributed by atoms with Gasteiger partial charge in [-0.1, -0.05) is 18.0 Å². The Labute approximate surface area is 101 Å². The summed E-state index contributed by atoms with van der Waals surface area (Å²) in [6, 6.07) is 6.87. The lowest BCUT2D eigenvalue weighted by molar-refractivity contribution is 0.412. The molecule has 1 N–H and O–H groups in total. The lowest BCUT2D eigenvalue weighted by atomic mass is 9.98. The molecule has 15 heavy (non-hydrogen) atoms. The molecule has 1 nitrogen and oxygen atoms in total. The normalized spacial score (nSPS) is 21.6. The maximum absolute atomic E-state index is 6.11. The molecule has 82 valence electrons. The molecule has 1 fully saturated rings. The van der Waals surface area contributed by atoms with Crippen molar-refractivity contribution < 1.29 is 0 Å². The fourth-order valence-corrected chi connectivity index (χ4v) is 2.85. The molecular weight excluding hydrogens is 226 g/mol. The van der Waals surface area contributed by atoms with Crippen LogP contribution in [0.25, 0.3) is 0 Å². The van der Waals surface area contributed by atoms with Gasteiger partial charge in [0.2, 0.25) is 0 Å². The predicted octanol–water partition coefficient (Wildman–Crippen LogP) is 3.88. The minimum absolute atomic E-state index is 0.503. The number of thioether (sulfide) groups is 1. The van der Waals surface area contributed by atoms with Crippen molar-refractivity contribution in [2.24, 2.45) is 0 Å². The van der Waals surface area contributed by atoms with Crippen molar-refractivity contribution in [1.29, 1.82) is 0 Å². The van der Waals surface area contributed by atoms with E-state index < -0.39 is 0 Å². The lowest BCUT2D eigenvalue weighted by Gasteiger charge is -2.24. The molecule has 1 aliphatic heterocycles. The van der Waals surface area contributed by atoms with E-state index in [-0.39, 0.29) is 0 Å². The van der Waals surface area contributed by atoms with Crippen molar-refractivity contribution in [2.75, 3.05) is 12.8 Å². The van der Waals surface area contributed by atoms with Gasteiger partial charge in [-0.3, -0.25) is 0 Å². The first kappa shape index (κ1) is 11.3. The number of rotatable bonds is 2. The number of piperidine rings is 1. The van der Waals surface area contributed by atoms with Gasteiger partial charge in [0.25, 0.3) is 0 Å². The van der Waals surface area contributed by atoms with E-state index in [2.05, 4.69) is 23.7 Å². The van der Waals surface area contributed by atoms with E-state index in [4.69, 9.17) is 11.6 Å². The third-order valence-corrected chi connectivity index (χ3v) is 3.77. The zero-order chi connectivity index (χ0) is 10.7. The van der Waals surface area contributed by atoms with E-state index in [9.17, 15) is 0 Å². The van der Waals surface area contributed by atoms with Crippen molar-refractivity contribution in [3.05, 3.63) is 28.8 Å². The molecule has 1 unspecified atom stereocenters. The lowest BCUT2D eigenvalue weighted by Crippen LogP contribution is -2.26. The summed E-state index contributed by atoms with van der Waals surface area (Å²) >= 11 is 7.86. The molecule has 1 atom stereocenters. The molecular formula is C12H16ClNS. The van der Waals surface area contributed by atoms with Gasteiger partial charge in [0.15, 0.2) is 0 Å². The van der Waals surface area contributed by atoms with Crippen molar-refractivity contribution in [2.45, 2.75) is 30.2 Å². The summed E-state index contributed by atoms with van der Waals surface area (Å²) in [7, 11) is 0. The van der Waals surface area contributed by atoms with Crippen LogP contribution in [0.2, 0.25) is 5.02 Å². The summed E-state index contributed by atoms with van der Waals surface area (Å²) in [5, 5.41) is 4.40. The van der Waals surface area contributed by atoms with Crippen molar-refractivity contribution in [1.82, 2.24) is 5.32 Å². The van der Waals surface area contributed by atoms with E-state index in [0.29, 0.717) is 6.04 Å².